The fraction of sp³-hybridized carbons (Fsp3) is 0. The molecule has 1 aliphatic heterocycles. The van der Waals surface area contributed by atoms with Gasteiger partial charge in [-0.2, -0.15) is 5.26 Å². The number of benzene rings is 2. The van der Waals surface area contributed by atoms with Crippen LogP contribution in [0.15, 0.2) is 30.3 Å². The summed E-state index contributed by atoms with van der Waals surface area (Å²) in [6, 6.07) is 10.8. The molecule has 22 heavy (non-hydrogen) atoms. The molecule has 0 aromatic heterocycles. The number of phenolic OH excluding ortho intramolecular Hbond substituents is 1. The number of hydrogen-bond acceptors (Lipinski definition) is 3. The van der Waals surface area contributed by atoms with E-state index in [1.165, 1.54) is 0 Å². The van der Waals surface area contributed by atoms with Crippen LogP contribution < -0.4 is 5.32 Å². The lowest BCUT2D eigenvalue weighted by molar-refractivity contribution is -0.110. The maximum absolute atomic E-state index is 12.2. The third-order valence-corrected chi connectivity index (χ3v) is 4.93. The van der Waals surface area contributed by atoms with Gasteiger partial charge in [-0.25, -0.2) is 0 Å². The molecule has 2 aromatic carbocycles. The minimum absolute atomic E-state index is 0.191. The lowest BCUT2D eigenvalue weighted by Crippen LogP contribution is -2.03. The summed E-state index contributed by atoms with van der Waals surface area (Å²) < 4.78 is 1.46. The smallest absolute Gasteiger partial charge is 0.256 e. The van der Waals surface area contributed by atoms with Crippen LogP contribution in [0.2, 0.25) is 0 Å². The van der Waals surface area contributed by atoms with E-state index in [1.54, 1.807) is 24.3 Å². The number of fused-ring (bicyclic) bond motifs is 1. The highest BCUT2D eigenvalue weighted by Gasteiger charge is 2.24. The van der Waals surface area contributed by atoms with Crippen LogP contribution in [0, 0.1) is 18.5 Å². The molecule has 0 fully saturated rings. The van der Waals surface area contributed by atoms with E-state index in [2.05, 4.69) is 56.6 Å². The molecule has 4 nitrogen and oxygen atoms in total. The predicted molar refractivity (Wildman–Crippen MR) is 101 cm³/mol. The summed E-state index contributed by atoms with van der Waals surface area (Å²) in [5, 5.41) is 21.5. The summed E-state index contributed by atoms with van der Waals surface area (Å²) in [6.07, 6.45) is 1.79. The zero-order chi connectivity index (χ0) is 15.9. The van der Waals surface area contributed by atoms with Crippen molar-refractivity contribution in [3.63, 3.8) is 0 Å². The molecule has 0 saturated heterocycles. The van der Waals surface area contributed by atoms with Crippen molar-refractivity contribution in [2.75, 3.05) is 5.32 Å². The Kier molecular flexibility index (Phi) is 4.10. The Morgan fingerprint density at radius 1 is 1.18 bits per heavy atom. The first-order valence-electron chi connectivity index (χ1n) is 6.25. The second-order valence-corrected chi connectivity index (χ2v) is 7.04. The van der Waals surface area contributed by atoms with Crippen LogP contribution in [0.1, 0.15) is 16.7 Å². The van der Waals surface area contributed by atoms with Crippen LogP contribution >= 0.6 is 45.2 Å². The summed E-state index contributed by atoms with van der Waals surface area (Å²) in [4.78, 5) is 12.2. The van der Waals surface area contributed by atoms with E-state index in [9.17, 15) is 9.90 Å². The largest absolute Gasteiger partial charge is 0.506 e. The summed E-state index contributed by atoms with van der Waals surface area (Å²) in [5.41, 5.74) is 3.33. The van der Waals surface area contributed by atoms with Crippen molar-refractivity contribution in [3.05, 3.63) is 54.2 Å². The van der Waals surface area contributed by atoms with Gasteiger partial charge in [-0.15, -0.1) is 0 Å². The molecule has 3 rings (SSSR count). The van der Waals surface area contributed by atoms with Gasteiger partial charge >= 0.3 is 0 Å². The van der Waals surface area contributed by atoms with Crippen LogP contribution in [0.4, 0.5) is 5.69 Å². The average molecular weight is 514 g/mol. The average Bonchev–Trinajstić information content (AvgIpc) is 2.79. The Morgan fingerprint density at radius 2 is 1.86 bits per heavy atom. The number of carbonyl (C=O) groups is 1. The van der Waals surface area contributed by atoms with Gasteiger partial charge in [-0.1, -0.05) is 6.07 Å². The van der Waals surface area contributed by atoms with Gasteiger partial charge in [0.1, 0.15) is 5.75 Å². The molecule has 6 heteroatoms. The van der Waals surface area contributed by atoms with Crippen LogP contribution in [-0.2, 0) is 4.79 Å². The van der Waals surface area contributed by atoms with Crippen molar-refractivity contribution in [1.82, 2.24) is 0 Å². The molecule has 0 aliphatic carbocycles. The Morgan fingerprint density at radius 3 is 2.50 bits per heavy atom. The van der Waals surface area contributed by atoms with E-state index in [0.717, 1.165) is 18.3 Å². The number of carbonyl (C=O) groups excluding carboxylic acids is 1. The number of nitriles is 1. The molecule has 0 atom stereocenters. The lowest BCUT2D eigenvalue weighted by atomic mass is 10.0. The Balaban J connectivity index is 2.10. The number of nitrogens with zero attached hydrogens (tertiary/aromatic N) is 1. The molecule has 0 radical (unpaired) electrons. The van der Waals surface area contributed by atoms with Crippen molar-refractivity contribution in [2.45, 2.75) is 0 Å². The molecule has 2 aromatic rings. The third-order valence-electron chi connectivity index (χ3n) is 3.28. The third kappa shape index (κ3) is 2.70. The van der Waals surface area contributed by atoms with E-state index >= 15 is 0 Å². The quantitative estimate of drug-likeness (QED) is 0.448. The number of anilines is 1. The van der Waals surface area contributed by atoms with Crippen molar-refractivity contribution >= 4 is 68.4 Å². The molecule has 0 saturated carbocycles. The van der Waals surface area contributed by atoms with Crippen molar-refractivity contribution in [1.29, 1.82) is 5.26 Å². The topological polar surface area (TPSA) is 73.1 Å². The maximum atomic E-state index is 12.2. The van der Waals surface area contributed by atoms with Gasteiger partial charge < -0.3 is 10.4 Å². The zero-order valence-corrected chi connectivity index (χ0v) is 15.3. The number of rotatable bonds is 1. The molecule has 2 N–H and O–H groups in total. The van der Waals surface area contributed by atoms with Gasteiger partial charge in [0.25, 0.3) is 5.91 Å². The fourth-order valence-electron chi connectivity index (χ4n) is 2.24. The standard InChI is InChI=1S/C16H8I2N2O2/c17-12-4-9(5-13(18)15(12)21)3-11-10-2-1-8(7-19)6-14(10)20-16(11)22/h1-6,21H,(H,20,22)/b11-3+. The van der Waals surface area contributed by atoms with Crippen LogP contribution in [0.3, 0.4) is 0 Å². The first kappa shape index (κ1) is 15.3. The highest BCUT2D eigenvalue weighted by molar-refractivity contribution is 14.1. The first-order chi connectivity index (χ1) is 10.5. The summed E-state index contributed by atoms with van der Waals surface area (Å²) in [6.45, 7) is 0. The lowest BCUT2D eigenvalue weighted by Gasteiger charge is -2.04. The number of nitrogens with one attached hydrogen (secondary N) is 1. The molecule has 1 heterocycles. The van der Waals surface area contributed by atoms with Gasteiger partial charge in [0, 0.05) is 11.1 Å². The van der Waals surface area contributed by atoms with E-state index in [1.807, 2.05) is 12.1 Å². The van der Waals surface area contributed by atoms with Crippen molar-refractivity contribution < 1.29 is 9.90 Å². The normalized spacial score (nSPS) is 14.6. The number of phenols is 1. The molecule has 0 bridgehead atoms. The Bertz CT molecular complexity index is 859. The highest BCUT2D eigenvalue weighted by Crippen LogP contribution is 2.35. The van der Waals surface area contributed by atoms with Crippen LogP contribution in [-0.4, -0.2) is 11.0 Å². The van der Waals surface area contributed by atoms with E-state index in [4.69, 9.17) is 5.26 Å². The number of amides is 1. The zero-order valence-electron chi connectivity index (χ0n) is 11.0. The monoisotopic (exact) mass is 514 g/mol. The van der Waals surface area contributed by atoms with Gasteiger partial charge in [0.2, 0.25) is 0 Å². The molecule has 1 aliphatic rings. The second-order valence-electron chi connectivity index (χ2n) is 4.72. The molecule has 1 amide bonds. The molecule has 0 spiro atoms. The predicted octanol–water partition coefficient (Wildman–Crippen LogP) is 3.97. The number of aromatic hydroxyl groups is 1. The minimum atomic E-state index is -0.191. The highest BCUT2D eigenvalue weighted by atomic mass is 127. The minimum Gasteiger partial charge on any atom is -0.506 e. The van der Waals surface area contributed by atoms with E-state index in [-0.39, 0.29) is 11.7 Å². The second kappa shape index (κ2) is 5.89. The van der Waals surface area contributed by atoms with Gasteiger partial charge in [0.05, 0.1) is 24.5 Å². The van der Waals surface area contributed by atoms with Gasteiger partial charge in [-0.05, 0) is 81.1 Å². The van der Waals surface area contributed by atoms with Crippen LogP contribution in [0.5, 0.6) is 5.75 Å². The Hall–Kier alpha value is -1.60. The summed E-state index contributed by atoms with van der Waals surface area (Å²) in [7, 11) is 0. The van der Waals surface area contributed by atoms with E-state index in [0.29, 0.717) is 16.8 Å². The summed E-state index contributed by atoms with van der Waals surface area (Å²) >= 11 is 4.11. The van der Waals surface area contributed by atoms with Crippen molar-refractivity contribution in [3.8, 4) is 11.8 Å². The first-order valence-corrected chi connectivity index (χ1v) is 8.41. The molecular formula is C16H8I2N2O2. The Labute approximate surface area is 154 Å². The van der Waals surface area contributed by atoms with Crippen molar-refractivity contribution in [2.24, 2.45) is 0 Å². The molecule has 108 valence electrons. The summed E-state index contributed by atoms with van der Waals surface area (Å²) in [5.74, 6) is 0.0569. The van der Waals surface area contributed by atoms with Gasteiger partial charge in [-0.3, -0.25) is 4.79 Å². The SMILES string of the molecule is N#Cc1ccc2c(c1)NC(=O)/C2=C/c1cc(I)c(O)c(I)c1. The fourth-order valence-corrected chi connectivity index (χ4v) is 4.06. The number of halogens is 2. The van der Waals surface area contributed by atoms with Gasteiger partial charge in [0.15, 0.2) is 0 Å². The molecular weight excluding hydrogens is 506 g/mol. The molecule has 0 unspecified atom stereocenters. The maximum Gasteiger partial charge on any atom is 0.256 e. The van der Waals surface area contributed by atoms with E-state index < -0.39 is 0 Å². The number of hydrogen-bond donors (Lipinski definition) is 2. The van der Waals surface area contributed by atoms with Crippen LogP contribution in [0.25, 0.3) is 11.6 Å².